The molecule has 0 spiro atoms. The topological polar surface area (TPSA) is 0 Å². The van der Waals surface area contributed by atoms with E-state index in [0.29, 0.717) is 0 Å². The molecule has 0 aliphatic carbocycles. The largest absolute Gasteiger partial charge is 0.0835 e. The smallest absolute Gasteiger partial charge is 0.0720 e. The lowest BCUT2D eigenvalue weighted by atomic mass is 10.2. The quantitative estimate of drug-likeness (QED) is 0.619. The van der Waals surface area contributed by atoms with Crippen molar-refractivity contribution >= 4 is 14.1 Å². The van der Waals surface area contributed by atoms with Crippen LogP contribution in [0.25, 0.3) is 6.08 Å². The third-order valence-corrected chi connectivity index (χ3v) is 4.88. The third kappa shape index (κ3) is 3.19. The summed E-state index contributed by atoms with van der Waals surface area (Å²) in [5.41, 5.74) is 1.32. The number of allylic oxidation sites excluding steroid dienone is 1. The Labute approximate surface area is 82.3 Å². The first-order valence-corrected chi connectivity index (χ1v) is 8.24. The Hall–Kier alpha value is -0.823. The average molecular weight is 190 g/mol. The maximum absolute atomic E-state index is 2.38. The summed E-state index contributed by atoms with van der Waals surface area (Å²) in [6.45, 7) is 9.38. The molecule has 0 atom stereocenters. The van der Waals surface area contributed by atoms with Crippen LogP contribution in [0, 0.1) is 0 Å². The predicted octanol–water partition coefficient (Wildman–Crippen LogP) is 3.97. The van der Waals surface area contributed by atoms with Gasteiger partial charge in [-0.1, -0.05) is 61.2 Å². The standard InChI is InChI=1S/C12H18Si/c1-11(13(2,3)4)10-12-8-6-5-7-9-12/h5-10H,1-4H3/b11-10+. The van der Waals surface area contributed by atoms with Crippen molar-refractivity contribution in [1.82, 2.24) is 0 Å². The molecule has 0 unspecified atom stereocenters. The minimum atomic E-state index is -1.08. The van der Waals surface area contributed by atoms with E-state index in [-0.39, 0.29) is 0 Å². The highest BCUT2D eigenvalue weighted by Gasteiger charge is 2.14. The molecule has 1 rings (SSSR count). The predicted molar refractivity (Wildman–Crippen MR) is 63.4 cm³/mol. The molecule has 70 valence electrons. The Bertz CT molecular complexity index is 291. The van der Waals surface area contributed by atoms with Crippen molar-refractivity contribution in [2.75, 3.05) is 0 Å². The molecule has 13 heavy (non-hydrogen) atoms. The second kappa shape index (κ2) is 3.92. The molecule has 1 heteroatoms. The summed E-state index contributed by atoms with van der Waals surface area (Å²) >= 11 is 0. The monoisotopic (exact) mass is 190 g/mol. The van der Waals surface area contributed by atoms with E-state index in [1.165, 1.54) is 5.56 Å². The molecule has 0 fully saturated rings. The van der Waals surface area contributed by atoms with E-state index in [1.807, 2.05) is 0 Å². The molecule has 0 nitrogen and oxygen atoms in total. The molecule has 0 aliphatic heterocycles. The van der Waals surface area contributed by atoms with E-state index in [0.717, 1.165) is 0 Å². The molecule has 0 N–H and O–H groups in total. The second-order valence-corrected chi connectivity index (χ2v) is 9.78. The summed E-state index contributed by atoms with van der Waals surface area (Å²) in [5, 5.41) is 1.55. The van der Waals surface area contributed by atoms with E-state index in [4.69, 9.17) is 0 Å². The lowest BCUT2D eigenvalue weighted by molar-refractivity contribution is 1.54. The Morgan fingerprint density at radius 3 is 2.08 bits per heavy atom. The van der Waals surface area contributed by atoms with E-state index in [1.54, 1.807) is 5.20 Å². The van der Waals surface area contributed by atoms with Crippen LogP contribution < -0.4 is 0 Å². The van der Waals surface area contributed by atoms with Gasteiger partial charge < -0.3 is 0 Å². The van der Waals surface area contributed by atoms with Gasteiger partial charge in [-0.2, -0.15) is 0 Å². The molecule has 0 aliphatic rings. The van der Waals surface area contributed by atoms with Crippen molar-refractivity contribution in [3.63, 3.8) is 0 Å². The maximum Gasteiger partial charge on any atom is 0.0720 e. The Morgan fingerprint density at radius 2 is 1.62 bits per heavy atom. The Morgan fingerprint density at radius 1 is 1.08 bits per heavy atom. The molecule has 1 aromatic rings. The van der Waals surface area contributed by atoms with Gasteiger partial charge in [0.15, 0.2) is 0 Å². The minimum absolute atomic E-state index is 1.08. The van der Waals surface area contributed by atoms with Gasteiger partial charge in [0, 0.05) is 0 Å². The summed E-state index contributed by atoms with van der Waals surface area (Å²) in [4.78, 5) is 0. The van der Waals surface area contributed by atoms with Gasteiger partial charge in [-0.15, -0.1) is 0 Å². The van der Waals surface area contributed by atoms with E-state index >= 15 is 0 Å². The van der Waals surface area contributed by atoms with Crippen molar-refractivity contribution in [2.24, 2.45) is 0 Å². The highest BCUT2D eigenvalue weighted by Crippen LogP contribution is 2.16. The molecule has 0 radical (unpaired) electrons. The number of hydrogen-bond donors (Lipinski definition) is 0. The van der Waals surface area contributed by atoms with E-state index in [2.05, 4.69) is 63.0 Å². The Balaban J connectivity index is 2.90. The van der Waals surface area contributed by atoms with E-state index in [9.17, 15) is 0 Å². The molecule has 1 aromatic carbocycles. The van der Waals surface area contributed by atoms with Gasteiger partial charge >= 0.3 is 0 Å². The Kier molecular flexibility index (Phi) is 3.10. The van der Waals surface area contributed by atoms with Gasteiger partial charge in [-0.05, 0) is 12.5 Å². The number of rotatable bonds is 2. The van der Waals surface area contributed by atoms with Gasteiger partial charge in [-0.3, -0.25) is 0 Å². The van der Waals surface area contributed by atoms with Crippen molar-refractivity contribution in [1.29, 1.82) is 0 Å². The van der Waals surface area contributed by atoms with Gasteiger partial charge in [0.2, 0.25) is 0 Å². The third-order valence-electron chi connectivity index (χ3n) is 2.37. The SMILES string of the molecule is C/C(=C\c1ccccc1)[Si](C)(C)C. The zero-order valence-electron chi connectivity index (χ0n) is 8.96. The van der Waals surface area contributed by atoms with Gasteiger partial charge in [-0.25, -0.2) is 0 Å². The summed E-state index contributed by atoms with van der Waals surface area (Å²) in [6.07, 6.45) is 2.31. The molecular formula is C12H18Si. The van der Waals surface area contributed by atoms with Crippen LogP contribution in [0.1, 0.15) is 12.5 Å². The van der Waals surface area contributed by atoms with Crippen LogP contribution in [0.15, 0.2) is 35.5 Å². The molecule has 0 bridgehead atoms. The second-order valence-electron chi connectivity index (χ2n) is 4.49. The fraction of sp³-hybridized carbons (Fsp3) is 0.333. The first-order chi connectivity index (χ1) is 6.00. The normalized spacial score (nSPS) is 13.1. The van der Waals surface area contributed by atoms with Gasteiger partial charge in [0.05, 0.1) is 8.07 Å². The maximum atomic E-state index is 2.38. The fourth-order valence-corrected chi connectivity index (χ4v) is 1.62. The van der Waals surface area contributed by atoms with Crippen LogP contribution in [0.2, 0.25) is 19.6 Å². The summed E-state index contributed by atoms with van der Waals surface area (Å²) in [6, 6.07) is 10.5. The average Bonchev–Trinajstić information content (AvgIpc) is 2.04. The molecular weight excluding hydrogens is 172 g/mol. The molecule has 0 aromatic heterocycles. The lowest BCUT2D eigenvalue weighted by Crippen LogP contribution is -2.21. The summed E-state index contributed by atoms with van der Waals surface area (Å²) in [5.74, 6) is 0. The number of benzene rings is 1. The van der Waals surface area contributed by atoms with Gasteiger partial charge in [0.25, 0.3) is 0 Å². The molecule has 0 heterocycles. The molecule has 0 saturated heterocycles. The minimum Gasteiger partial charge on any atom is -0.0835 e. The molecule has 0 amide bonds. The van der Waals surface area contributed by atoms with E-state index < -0.39 is 8.07 Å². The number of hydrogen-bond acceptors (Lipinski definition) is 0. The highest BCUT2D eigenvalue weighted by atomic mass is 28.3. The van der Waals surface area contributed by atoms with Crippen LogP contribution in [0.5, 0.6) is 0 Å². The first-order valence-electron chi connectivity index (χ1n) is 4.74. The van der Waals surface area contributed by atoms with Crippen molar-refractivity contribution < 1.29 is 0 Å². The zero-order valence-corrected chi connectivity index (χ0v) is 9.96. The van der Waals surface area contributed by atoms with Crippen molar-refractivity contribution in [3.05, 3.63) is 41.1 Å². The van der Waals surface area contributed by atoms with Crippen LogP contribution in [0.3, 0.4) is 0 Å². The van der Waals surface area contributed by atoms with Gasteiger partial charge in [0.1, 0.15) is 0 Å². The van der Waals surface area contributed by atoms with Crippen LogP contribution in [-0.4, -0.2) is 8.07 Å². The van der Waals surface area contributed by atoms with Crippen molar-refractivity contribution in [3.8, 4) is 0 Å². The highest BCUT2D eigenvalue weighted by molar-refractivity contribution is 6.83. The molecule has 0 saturated carbocycles. The van der Waals surface area contributed by atoms with Crippen LogP contribution in [-0.2, 0) is 0 Å². The lowest BCUT2D eigenvalue weighted by Gasteiger charge is -2.16. The van der Waals surface area contributed by atoms with Crippen LogP contribution >= 0.6 is 0 Å². The summed E-state index contributed by atoms with van der Waals surface area (Å²) < 4.78 is 0. The van der Waals surface area contributed by atoms with Crippen LogP contribution in [0.4, 0.5) is 0 Å². The first kappa shape index (κ1) is 10.3. The summed E-state index contributed by atoms with van der Waals surface area (Å²) in [7, 11) is -1.08. The fourth-order valence-electron chi connectivity index (χ4n) is 1.02. The van der Waals surface area contributed by atoms with Crippen molar-refractivity contribution in [2.45, 2.75) is 26.6 Å². The zero-order chi connectivity index (χ0) is 9.90.